The largest absolute Gasteiger partial charge is 0.438 e. The summed E-state index contributed by atoms with van der Waals surface area (Å²) in [6, 6.07) is 21.3. The van der Waals surface area contributed by atoms with Gasteiger partial charge in [-0.2, -0.15) is 0 Å². The molecule has 0 aliphatic carbocycles. The number of carbonyl (C=O) groups is 3. The predicted octanol–water partition coefficient (Wildman–Crippen LogP) is 5.14. The van der Waals surface area contributed by atoms with Gasteiger partial charge in [-0.05, 0) is 63.1 Å². The van der Waals surface area contributed by atoms with E-state index in [1.807, 2.05) is 70.2 Å². The van der Waals surface area contributed by atoms with Gasteiger partial charge in [-0.3, -0.25) is 14.5 Å². The van der Waals surface area contributed by atoms with Gasteiger partial charge in [0, 0.05) is 17.3 Å². The quantitative estimate of drug-likeness (QED) is 0.485. The number of hydrogen-bond donors (Lipinski definition) is 2. The minimum absolute atomic E-state index is 0.0886. The molecule has 0 saturated carbocycles. The highest BCUT2D eigenvalue weighted by molar-refractivity contribution is 6.04. The van der Waals surface area contributed by atoms with E-state index in [2.05, 4.69) is 10.6 Å². The molecule has 7 nitrogen and oxygen atoms in total. The Bertz CT molecular complexity index is 1250. The molecule has 3 aromatic rings. The topological polar surface area (TPSA) is 87.7 Å². The molecule has 0 aromatic heterocycles. The predicted molar refractivity (Wildman–Crippen MR) is 139 cm³/mol. The first-order chi connectivity index (χ1) is 17.2. The molecular formula is C29H31N3O4. The number of nitrogens with one attached hydrogen (secondary N) is 2. The van der Waals surface area contributed by atoms with E-state index in [4.69, 9.17) is 4.74 Å². The van der Waals surface area contributed by atoms with Crippen LogP contribution in [-0.4, -0.2) is 34.9 Å². The van der Waals surface area contributed by atoms with E-state index < -0.39 is 18.2 Å². The van der Waals surface area contributed by atoms with Gasteiger partial charge in [0.2, 0.25) is 5.91 Å². The van der Waals surface area contributed by atoms with E-state index in [1.165, 1.54) is 4.90 Å². The summed E-state index contributed by atoms with van der Waals surface area (Å²) in [5, 5.41) is 5.80. The van der Waals surface area contributed by atoms with Crippen molar-refractivity contribution in [2.45, 2.75) is 52.4 Å². The third-order valence-electron chi connectivity index (χ3n) is 6.04. The molecule has 1 aliphatic rings. The summed E-state index contributed by atoms with van der Waals surface area (Å²) in [4.78, 5) is 40.2. The second-order valence-electron chi connectivity index (χ2n) is 9.47. The minimum atomic E-state index is -0.825. The van der Waals surface area contributed by atoms with Gasteiger partial charge in [0.25, 0.3) is 5.91 Å². The zero-order chi connectivity index (χ0) is 25.8. The molecule has 1 aliphatic heterocycles. The number of nitrogens with zero attached hydrogens (tertiary/aromatic N) is 1. The lowest BCUT2D eigenvalue weighted by Crippen LogP contribution is -2.48. The van der Waals surface area contributed by atoms with Crippen molar-refractivity contribution in [1.82, 2.24) is 10.2 Å². The summed E-state index contributed by atoms with van der Waals surface area (Å²) < 4.78 is 5.71. The molecule has 4 rings (SSSR count). The fourth-order valence-corrected chi connectivity index (χ4v) is 4.22. The van der Waals surface area contributed by atoms with Crippen molar-refractivity contribution in [3.05, 3.63) is 101 Å². The van der Waals surface area contributed by atoms with E-state index in [1.54, 1.807) is 30.3 Å². The van der Waals surface area contributed by atoms with Crippen LogP contribution in [0.4, 0.5) is 10.5 Å². The van der Waals surface area contributed by atoms with Gasteiger partial charge in [0.1, 0.15) is 0 Å². The highest BCUT2D eigenvalue weighted by Gasteiger charge is 2.47. The number of cyclic esters (lactones) is 1. The maximum atomic E-state index is 13.2. The Hall–Kier alpha value is -4.13. The number of hydrogen-bond acceptors (Lipinski definition) is 4. The van der Waals surface area contributed by atoms with Crippen molar-refractivity contribution >= 4 is 23.6 Å². The van der Waals surface area contributed by atoms with Crippen molar-refractivity contribution in [2.24, 2.45) is 0 Å². The van der Waals surface area contributed by atoms with E-state index in [-0.39, 0.29) is 24.4 Å². The SMILES string of the molecule is Cc1ccc(CN2C(=O)O[C@H](c3ccc(NC(=O)c4cccc(C)c4)cc3)[C@H]2C(=O)NC(C)C)cc1. The standard InChI is InChI=1S/C29H31N3O4/c1-18(2)30-28(34)25-26(36-29(35)32(25)17-21-10-8-19(3)9-11-21)22-12-14-24(15-13-22)31-27(33)23-7-5-6-20(4)16-23/h5-16,18,25-26H,17H2,1-4H3,(H,30,34)(H,31,33)/t25-,26+/m0/s1. The summed E-state index contributed by atoms with van der Waals surface area (Å²) in [5.74, 6) is -0.484. The maximum Gasteiger partial charge on any atom is 0.411 e. The highest BCUT2D eigenvalue weighted by atomic mass is 16.6. The Morgan fingerprint density at radius 2 is 1.64 bits per heavy atom. The monoisotopic (exact) mass is 485 g/mol. The first-order valence-electron chi connectivity index (χ1n) is 12.0. The zero-order valence-corrected chi connectivity index (χ0v) is 20.9. The van der Waals surface area contributed by atoms with E-state index in [0.29, 0.717) is 16.8 Å². The highest BCUT2D eigenvalue weighted by Crippen LogP contribution is 2.34. The van der Waals surface area contributed by atoms with Gasteiger partial charge in [0.15, 0.2) is 12.1 Å². The lowest BCUT2D eigenvalue weighted by molar-refractivity contribution is -0.126. The molecule has 186 valence electrons. The van der Waals surface area contributed by atoms with Crippen LogP contribution in [-0.2, 0) is 16.1 Å². The average Bonchev–Trinajstić information content (AvgIpc) is 3.16. The molecule has 2 atom stereocenters. The summed E-state index contributed by atoms with van der Waals surface area (Å²) in [6.45, 7) is 7.94. The van der Waals surface area contributed by atoms with Gasteiger partial charge >= 0.3 is 6.09 Å². The molecule has 0 unspecified atom stereocenters. The summed E-state index contributed by atoms with van der Waals surface area (Å²) in [7, 11) is 0. The van der Waals surface area contributed by atoms with Crippen LogP contribution in [0.25, 0.3) is 0 Å². The van der Waals surface area contributed by atoms with Gasteiger partial charge in [-0.1, -0.05) is 59.7 Å². The molecule has 1 heterocycles. The Morgan fingerprint density at radius 1 is 0.944 bits per heavy atom. The Kier molecular flexibility index (Phi) is 7.38. The Balaban J connectivity index is 1.55. The smallest absolute Gasteiger partial charge is 0.411 e. The van der Waals surface area contributed by atoms with Crippen molar-refractivity contribution < 1.29 is 19.1 Å². The lowest BCUT2D eigenvalue weighted by atomic mass is 10.00. The molecular weight excluding hydrogens is 454 g/mol. The molecule has 36 heavy (non-hydrogen) atoms. The third-order valence-corrected chi connectivity index (χ3v) is 6.04. The Labute approximate surface area is 211 Å². The van der Waals surface area contributed by atoms with Gasteiger partial charge in [-0.15, -0.1) is 0 Å². The first-order valence-corrected chi connectivity index (χ1v) is 12.0. The summed E-state index contributed by atoms with van der Waals surface area (Å²) in [5.41, 5.74) is 4.88. The molecule has 2 N–H and O–H groups in total. The number of aryl methyl sites for hydroxylation is 2. The van der Waals surface area contributed by atoms with E-state index in [0.717, 1.165) is 16.7 Å². The molecule has 1 fully saturated rings. The second kappa shape index (κ2) is 10.6. The lowest BCUT2D eigenvalue weighted by Gasteiger charge is -2.25. The van der Waals surface area contributed by atoms with Crippen molar-refractivity contribution in [2.75, 3.05) is 5.32 Å². The van der Waals surface area contributed by atoms with Gasteiger partial charge < -0.3 is 15.4 Å². The average molecular weight is 486 g/mol. The first kappa shape index (κ1) is 25.0. The van der Waals surface area contributed by atoms with Gasteiger partial charge in [0.05, 0.1) is 6.54 Å². The molecule has 3 aromatic carbocycles. The molecule has 1 saturated heterocycles. The molecule has 7 heteroatoms. The number of benzene rings is 3. The number of amides is 3. The normalized spacial score (nSPS) is 17.1. The fourth-order valence-electron chi connectivity index (χ4n) is 4.22. The minimum Gasteiger partial charge on any atom is -0.438 e. The number of ether oxygens (including phenoxy) is 1. The van der Waals surface area contributed by atoms with E-state index >= 15 is 0 Å². The maximum absolute atomic E-state index is 13.2. The molecule has 3 amide bonds. The number of rotatable bonds is 7. The second-order valence-corrected chi connectivity index (χ2v) is 9.47. The molecule has 0 bridgehead atoms. The summed E-state index contributed by atoms with van der Waals surface area (Å²) in [6.07, 6.45) is -1.32. The van der Waals surface area contributed by atoms with Gasteiger partial charge in [-0.25, -0.2) is 4.79 Å². The summed E-state index contributed by atoms with van der Waals surface area (Å²) >= 11 is 0. The van der Waals surface area contributed by atoms with Crippen LogP contribution in [0.15, 0.2) is 72.8 Å². The van der Waals surface area contributed by atoms with Crippen LogP contribution in [0.3, 0.4) is 0 Å². The number of anilines is 1. The van der Waals surface area contributed by atoms with Crippen molar-refractivity contribution in [3.63, 3.8) is 0 Å². The van der Waals surface area contributed by atoms with Crippen LogP contribution in [0.1, 0.15) is 52.6 Å². The molecule has 0 radical (unpaired) electrons. The van der Waals surface area contributed by atoms with Crippen LogP contribution in [0.2, 0.25) is 0 Å². The van der Waals surface area contributed by atoms with Crippen molar-refractivity contribution in [3.8, 4) is 0 Å². The number of carbonyl (C=O) groups excluding carboxylic acids is 3. The van der Waals surface area contributed by atoms with Crippen molar-refractivity contribution in [1.29, 1.82) is 0 Å². The zero-order valence-electron chi connectivity index (χ0n) is 20.9. The van der Waals surface area contributed by atoms with E-state index in [9.17, 15) is 14.4 Å². The van der Waals surface area contributed by atoms with Crippen LogP contribution >= 0.6 is 0 Å². The van der Waals surface area contributed by atoms with Crippen LogP contribution in [0.5, 0.6) is 0 Å². The Morgan fingerprint density at radius 3 is 2.28 bits per heavy atom. The fraction of sp³-hybridized carbons (Fsp3) is 0.276. The van der Waals surface area contributed by atoms with Crippen LogP contribution < -0.4 is 10.6 Å². The van der Waals surface area contributed by atoms with Crippen LogP contribution in [0, 0.1) is 13.8 Å². The third kappa shape index (κ3) is 5.74. The molecule has 0 spiro atoms.